The minimum absolute atomic E-state index is 0.199. The SMILES string of the molecule is COc1ccc(COC[C@@H]2CCCC[C@H]2C=O)cc1. The van der Waals surface area contributed by atoms with Gasteiger partial charge in [-0.2, -0.15) is 0 Å². The lowest BCUT2D eigenvalue weighted by Gasteiger charge is -2.27. The first-order valence-corrected chi connectivity index (χ1v) is 6.99. The molecule has 1 aliphatic rings. The zero-order valence-electron chi connectivity index (χ0n) is 11.5. The molecule has 1 aromatic rings. The number of hydrogen-bond acceptors (Lipinski definition) is 3. The number of hydrogen-bond donors (Lipinski definition) is 0. The van der Waals surface area contributed by atoms with E-state index < -0.39 is 0 Å². The van der Waals surface area contributed by atoms with Crippen LogP contribution in [-0.2, 0) is 16.1 Å². The Kier molecular flexibility index (Phi) is 5.40. The van der Waals surface area contributed by atoms with Gasteiger partial charge in [-0.25, -0.2) is 0 Å². The average molecular weight is 262 g/mol. The van der Waals surface area contributed by atoms with Crippen molar-refractivity contribution in [2.24, 2.45) is 11.8 Å². The van der Waals surface area contributed by atoms with E-state index in [-0.39, 0.29) is 5.92 Å². The molecule has 1 aromatic carbocycles. The summed E-state index contributed by atoms with van der Waals surface area (Å²) >= 11 is 0. The fourth-order valence-electron chi connectivity index (χ4n) is 2.67. The van der Waals surface area contributed by atoms with E-state index in [2.05, 4.69) is 0 Å². The Bertz CT molecular complexity index is 385. The Hall–Kier alpha value is -1.35. The first kappa shape index (κ1) is 14.1. The maximum Gasteiger partial charge on any atom is 0.123 e. The number of carbonyl (C=O) groups excluding carboxylic acids is 1. The van der Waals surface area contributed by atoms with Gasteiger partial charge in [0.25, 0.3) is 0 Å². The molecule has 0 aliphatic heterocycles. The number of benzene rings is 1. The fraction of sp³-hybridized carbons (Fsp3) is 0.562. The van der Waals surface area contributed by atoms with E-state index in [1.54, 1.807) is 7.11 Å². The number of ether oxygens (including phenoxy) is 2. The van der Waals surface area contributed by atoms with Crippen molar-refractivity contribution in [1.29, 1.82) is 0 Å². The second kappa shape index (κ2) is 7.29. The highest BCUT2D eigenvalue weighted by molar-refractivity contribution is 5.54. The summed E-state index contributed by atoms with van der Waals surface area (Å²) in [6, 6.07) is 7.90. The Morgan fingerprint density at radius 3 is 2.63 bits per heavy atom. The summed E-state index contributed by atoms with van der Waals surface area (Å²) in [5, 5.41) is 0. The Labute approximate surface area is 114 Å². The molecule has 19 heavy (non-hydrogen) atoms. The molecule has 0 aromatic heterocycles. The van der Waals surface area contributed by atoms with Gasteiger partial charge in [0.15, 0.2) is 0 Å². The molecule has 0 N–H and O–H groups in total. The molecule has 104 valence electrons. The molecule has 2 rings (SSSR count). The molecule has 0 radical (unpaired) electrons. The Morgan fingerprint density at radius 1 is 1.21 bits per heavy atom. The molecule has 0 heterocycles. The van der Waals surface area contributed by atoms with Crippen LogP contribution in [0.1, 0.15) is 31.2 Å². The molecule has 0 bridgehead atoms. The number of rotatable bonds is 6. The molecule has 1 fully saturated rings. The first-order chi connectivity index (χ1) is 9.33. The van der Waals surface area contributed by atoms with E-state index in [4.69, 9.17) is 9.47 Å². The summed E-state index contributed by atoms with van der Waals surface area (Å²) in [5.41, 5.74) is 1.14. The van der Waals surface area contributed by atoms with E-state index >= 15 is 0 Å². The maximum absolute atomic E-state index is 11.0. The van der Waals surface area contributed by atoms with E-state index in [0.29, 0.717) is 19.1 Å². The van der Waals surface area contributed by atoms with E-state index in [0.717, 1.165) is 30.4 Å². The highest BCUT2D eigenvalue weighted by atomic mass is 16.5. The molecule has 1 saturated carbocycles. The van der Waals surface area contributed by atoms with E-state index in [1.807, 2.05) is 24.3 Å². The predicted molar refractivity (Wildman–Crippen MR) is 74.2 cm³/mol. The summed E-state index contributed by atoms with van der Waals surface area (Å²) in [7, 11) is 1.66. The van der Waals surface area contributed by atoms with Crippen molar-refractivity contribution in [1.82, 2.24) is 0 Å². The van der Waals surface area contributed by atoms with Gasteiger partial charge in [0.1, 0.15) is 12.0 Å². The lowest BCUT2D eigenvalue weighted by atomic mass is 9.81. The third kappa shape index (κ3) is 4.06. The zero-order valence-corrected chi connectivity index (χ0v) is 11.5. The Morgan fingerprint density at radius 2 is 1.95 bits per heavy atom. The average Bonchev–Trinajstić information content (AvgIpc) is 2.48. The highest BCUT2D eigenvalue weighted by Crippen LogP contribution is 2.29. The van der Waals surface area contributed by atoms with Crippen molar-refractivity contribution in [3.63, 3.8) is 0 Å². The van der Waals surface area contributed by atoms with Crippen LogP contribution in [0.2, 0.25) is 0 Å². The van der Waals surface area contributed by atoms with Crippen molar-refractivity contribution < 1.29 is 14.3 Å². The van der Waals surface area contributed by atoms with Crippen molar-refractivity contribution in [2.45, 2.75) is 32.3 Å². The minimum Gasteiger partial charge on any atom is -0.497 e. The van der Waals surface area contributed by atoms with Gasteiger partial charge in [0, 0.05) is 5.92 Å². The summed E-state index contributed by atoms with van der Waals surface area (Å²) < 4.78 is 10.9. The molecule has 3 heteroatoms. The van der Waals surface area contributed by atoms with Crippen molar-refractivity contribution in [3.05, 3.63) is 29.8 Å². The molecule has 0 unspecified atom stereocenters. The largest absolute Gasteiger partial charge is 0.497 e. The van der Waals surface area contributed by atoms with Crippen LogP contribution >= 0.6 is 0 Å². The van der Waals surface area contributed by atoms with Crippen molar-refractivity contribution in [3.8, 4) is 5.75 Å². The van der Waals surface area contributed by atoms with Crippen LogP contribution in [0.3, 0.4) is 0 Å². The lowest BCUT2D eigenvalue weighted by Crippen LogP contribution is -2.25. The number of carbonyl (C=O) groups is 1. The van der Waals surface area contributed by atoms with Crippen LogP contribution in [0, 0.1) is 11.8 Å². The summed E-state index contributed by atoms with van der Waals surface area (Å²) in [6.45, 7) is 1.29. The summed E-state index contributed by atoms with van der Waals surface area (Å²) in [5.74, 6) is 1.46. The number of methoxy groups -OCH3 is 1. The normalized spacial score (nSPS) is 23.0. The molecule has 0 spiro atoms. The van der Waals surface area contributed by atoms with E-state index in [1.165, 1.54) is 12.8 Å². The standard InChI is InChI=1S/C16H22O3/c1-18-16-8-6-13(7-9-16)11-19-12-15-5-3-2-4-14(15)10-17/h6-10,14-15H,2-5,11-12H2,1H3/t14-,15-/m0/s1. The van der Waals surface area contributed by atoms with Crippen LogP contribution in [-0.4, -0.2) is 20.0 Å². The van der Waals surface area contributed by atoms with Crippen LogP contribution in [0.5, 0.6) is 5.75 Å². The fourth-order valence-corrected chi connectivity index (χ4v) is 2.67. The zero-order chi connectivity index (χ0) is 13.5. The highest BCUT2D eigenvalue weighted by Gasteiger charge is 2.24. The van der Waals surface area contributed by atoms with Crippen molar-refractivity contribution in [2.75, 3.05) is 13.7 Å². The molecular formula is C16H22O3. The van der Waals surface area contributed by atoms with Gasteiger partial charge in [-0.3, -0.25) is 0 Å². The monoisotopic (exact) mass is 262 g/mol. The van der Waals surface area contributed by atoms with Gasteiger partial charge < -0.3 is 14.3 Å². The first-order valence-electron chi connectivity index (χ1n) is 6.99. The van der Waals surface area contributed by atoms with E-state index in [9.17, 15) is 4.79 Å². The van der Waals surface area contributed by atoms with Crippen LogP contribution in [0.25, 0.3) is 0 Å². The molecule has 1 aliphatic carbocycles. The molecular weight excluding hydrogens is 240 g/mol. The second-order valence-corrected chi connectivity index (χ2v) is 5.21. The van der Waals surface area contributed by atoms with Gasteiger partial charge in [-0.1, -0.05) is 25.0 Å². The smallest absolute Gasteiger partial charge is 0.123 e. The quantitative estimate of drug-likeness (QED) is 0.738. The summed E-state index contributed by atoms with van der Waals surface area (Å²) in [4.78, 5) is 11.0. The van der Waals surface area contributed by atoms with Crippen LogP contribution < -0.4 is 4.74 Å². The molecule has 3 nitrogen and oxygen atoms in total. The summed E-state index contributed by atoms with van der Waals surface area (Å²) in [6.07, 6.45) is 5.66. The number of aldehydes is 1. The second-order valence-electron chi connectivity index (χ2n) is 5.21. The predicted octanol–water partition coefficient (Wildman–Crippen LogP) is 3.22. The molecule has 0 saturated heterocycles. The van der Waals surface area contributed by atoms with Gasteiger partial charge in [0.05, 0.1) is 20.3 Å². The topological polar surface area (TPSA) is 35.5 Å². The van der Waals surface area contributed by atoms with Crippen LogP contribution in [0.15, 0.2) is 24.3 Å². The molecule has 0 amide bonds. The van der Waals surface area contributed by atoms with Gasteiger partial charge >= 0.3 is 0 Å². The third-order valence-electron chi connectivity index (χ3n) is 3.90. The minimum atomic E-state index is 0.199. The van der Waals surface area contributed by atoms with Gasteiger partial charge in [-0.05, 0) is 36.5 Å². The Balaban J connectivity index is 1.77. The lowest BCUT2D eigenvalue weighted by molar-refractivity contribution is -0.114. The van der Waals surface area contributed by atoms with Crippen molar-refractivity contribution >= 4 is 6.29 Å². The van der Waals surface area contributed by atoms with Gasteiger partial charge in [-0.15, -0.1) is 0 Å². The molecule has 2 atom stereocenters. The van der Waals surface area contributed by atoms with Gasteiger partial charge in [0.2, 0.25) is 0 Å². The third-order valence-corrected chi connectivity index (χ3v) is 3.90. The van der Waals surface area contributed by atoms with Crippen LogP contribution in [0.4, 0.5) is 0 Å². The maximum atomic E-state index is 11.0.